The lowest BCUT2D eigenvalue weighted by molar-refractivity contribution is 0.0469. The first-order valence-corrected chi connectivity index (χ1v) is 5.36. The highest BCUT2D eigenvalue weighted by molar-refractivity contribution is 5.99. The summed E-state index contributed by atoms with van der Waals surface area (Å²) in [6, 6.07) is 5.83. The number of carbonyl (C=O) groups is 2. The molecule has 0 aliphatic rings. The third-order valence-corrected chi connectivity index (χ3v) is 2.39. The normalized spacial score (nSPS) is 10.2. The zero-order chi connectivity index (χ0) is 13.8. The third kappa shape index (κ3) is 3.04. The van der Waals surface area contributed by atoms with Crippen molar-refractivity contribution in [1.29, 1.82) is 0 Å². The first-order chi connectivity index (χ1) is 9.08. The van der Waals surface area contributed by atoms with E-state index in [1.165, 1.54) is 12.3 Å². The van der Waals surface area contributed by atoms with Gasteiger partial charge in [0.05, 0.1) is 0 Å². The summed E-state index contributed by atoms with van der Waals surface area (Å²) in [5, 5.41) is 0. The number of aromatic amines is 1. The van der Waals surface area contributed by atoms with Crippen LogP contribution in [0.15, 0.2) is 36.5 Å². The van der Waals surface area contributed by atoms with Crippen molar-refractivity contribution in [3.05, 3.63) is 59.4 Å². The van der Waals surface area contributed by atoms with Gasteiger partial charge in [0, 0.05) is 11.8 Å². The lowest BCUT2D eigenvalue weighted by atomic mass is 10.1. The predicted octanol–water partition coefficient (Wildman–Crippen LogP) is 2.33. The number of nitrogens with one attached hydrogen (secondary N) is 1. The minimum absolute atomic E-state index is 0.0572. The van der Waals surface area contributed by atoms with Crippen LogP contribution in [0.1, 0.15) is 20.8 Å². The standard InChI is InChI=1S/C13H9F2NO3/c14-9-4-3-8(6-10(9)15)12(17)7-19-13(18)11-2-1-5-16-11/h1-6,16H,7H2. The highest BCUT2D eigenvalue weighted by Crippen LogP contribution is 2.09. The zero-order valence-electron chi connectivity index (χ0n) is 9.65. The van der Waals surface area contributed by atoms with Gasteiger partial charge in [0.25, 0.3) is 0 Å². The Hall–Kier alpha value is -2.50. The number of rotatable bonds is 4. The van der Waals surface area contributed by atoms with Gasteiger partial charge in [0.15, 0.2) is 24.0 Å². The molecular weight excluding hydrogens is 256 g/mol. The van der Waals surface area contributed by atoms with Crippen LogP contribution in [-0.2, 0) is 4.74 Å². The van der Waals surface area contributed by atoms with Crippen molar-refractivity contribution in [2.24, 2.45) is 0 Å². The lowest BCUT2D eigenvalue weighted by Gasteiger charge is -2.03. The number of aromatic nitrogens is 1. The van der Waals surface area contributed by atoms with Gasteiger partial charge in [0.2, 0.25) is 0 Å². The van der Waals surface area contributed by atoms with Crippen LogP contribution >= 0.6 is 0 Å². The predicted molar refractivity (Wildman–Crippen MR) is 61.8 cm³/mol. The maximum atomic E-state index is 12.9. The van der Waals surface area contributed by atoms with E-state index in [0.717, 1.165) is 18.2 Å². The van der Waals surface area contributed by atoms with E-state index in [1.807, 2.05) is 0 Å². The maximum absolute atomic E-state index is 12.9. The molecule has 2 rings (SSSR count). The molecule has 0 saturated carbocycles. The summed E-state index contributed by atoms with van der Waals surface area (Å²) in [7, 11) is 0. The van der Waals surface area contributed by atoms with Gasteiger partial charge in [-0.15, -0.1) is 0 Å². The molecule has 0 amide bonds. The number of H-pyrrole nitrogens is 1. The molecule has 6 heteroatoms. The molecule has 19 heavy (non-hydrogen) atoms. The van der Waals surface area contributed by atoms with Crippen LogP contribution in [0, 0.1) is 11.6 Å². The van der Waals surface area contributed by atoms with E-state index in [9.17, 15) is 18.4 Å². The first kappa shape index (κ1) is 12.9. The number of esters is 1. The van der Waals surface area contributed by atoms with E-state index in [4.69, 9.17) is 4.74 Å². The van der Waals surface area contributed by atoms with E-state index < -0.39 is 30.0 Å². The first-order valence-electron chi connectivity index (χ1n) is 5.36. The van der Waals surface area contributed by atoms with Gasteiger partial charge in [-0.3, -0.25) is 4.79 Å². The van der Waals surface area contributed by atoms with Gasteiger partial charge in [-0.25, -0.2) is 13.6 Å². The molecule has 0 spiro atoms. The number of Topliss-reactive ketones (excluding diaryl/α,β-unsaturated/α-hetero) is 1. The van der Waals surface area contributed by atoms with Crippen molar-refractivity contribution in [2.75, 3.05) is 6.61 Å². The molecule has 0 aliphatic heterocycles. The van der Waals surface area contributed by atoms with Crippen LogP contribution in [0.2, 0.25) is 0 Å². The topological polar surface area (TPSA) is 59.2 Å². The molecule has 0 fully saturated rings. The molecule has 2 aromatic rings. The largest absolute Gasteiger partial charge is 0.453 e. The molecule has 0 bridgehead atoms. The van der Waals surface area contributed by atoms with E-state index in [0.29, 0.717) is 0 Å². The Kier molecular flexibility index (Phi) is 3.70. The number of carbonyl (C=O) groups excluding carboxylic acids is 2. The summed E-state index contributed by atoms with van der Waals surface area (Å²) >= 11 is 0. The average Bonchev–Trinajstić information content (AvgIpc) is 2.92. The summed E-state index contributed by atoms with van der Waals surface area (Å²) in [6.45, 7) is -0.539. The average molecular weight is 265 g/mol. The number of hydrogen-bond acceptors (Lipinski definition) is 3. The van der Waals surface area contributed by atoms with Crippen molar-refractivity contribution < 1.29 is 23.1 Å². The Bertz CT molecular complexity index is 608. The number of halogens is 2. The molecule has 1 aromatic heterocycles. The molecule has 4 nitrogen and oxygen atoms in total. The van der Waals surface area contributed by atoms with Crippen LogP contribution in [0.4, 0.5) is 8.78 Å². The number of benzene rings is 1. The highest BCUT2D eigenvalue weighted by atomic mass is 19.2. The molecular formula is C13H9F2NO3. The van der Waals surface area contributed by atoms with Gasteiger partial charge >= 0.3 is 5.97 Å². The van der Waals surface area contributed by atoms with Crippen LogP contribution in [-0.4, -0.2) is 23.3 Å². The zero-order valence-corrected chi connectivity index (χ0v) is 9.65. The van der Waals surface area contributed by atoms with E-state index in [2.05, 4.69) is 4.98 Å². The quantitative estimate of drug-likeness (QED) is 0.681. The molecule has 1 N–H and O–H groups in total. The van der Waals surface area contributed by atoms with Crippen molar-refractivity contribution in [2.45, 2.75) is 0 Å². The lowest BCUT2D eigenvalue weighted by Crippen LogP contribution is -2.14. The molecule has 98 valence electrons. The molecule has 1 heterocycles. The Morgan fingerprint density at radius 1 is 1.16 bits per heavy atom. The van der Waals surface area contributed by atoms with Crippen molar-refractivity contribution in [1.82, 2.24) is 4.98 Å². The fraction of sp³-hybridized carbons (Fsp3) is 0.0769. The van der Waals surface area contributed by atoms with Crippen LogP contribution in [0.5, 0.6) is 0 Å². The van der Waals surface area contributed by atoms with E-state index >= 15 is 0 Å². The third-order valence-electron chi connectivity index (χ3n) is 2.39. The van der Waals surface area contributed by atoms with Crippen LogP contribution in [0.3, 0.4) is 0 Å². The summed E-state index contributed by atoms with van der Waals surface area (Å²) in [6.07, 6.45) is 1.54. The van der Waals surface area contributed by atoms with Gasteiger partial charge in [-0.1, -0.05) is 0 Å². The van der Waals surface area contributed by atoms with E-state index in [1.54, 1.807) is 6.07 Å². The fourth-order valence-corrected chi connectivity index (χ4v) is 1.42. The van der Waals surface area contributed by atoms with Gasteiger partial charge in [0.1, 0.15) is 5.69 Å². The van der Waals surface area contributed by atoms with Gasteiger partial charge in [-0.05, 0) is 30.3 Å². The van der Waals surface area contributed by atoms with Crippen LogP contribution in [0.25, 0.3) is 0 Å². The minimum atomic E-state index is -1.12. The molecule has 0 aliphatic carbocycles. The minimum Gasteiger partial charge on any atom is -0.453 e. The van der Waals surface area contributed by atoms with Crippen LogP contribution < -0.4 is 0 Å². The number of ether oxygens (including phenoxy) is 1. The number of hydrogen-bond donors (Lipinski definition) is 1. The molecule has 0 unspecified atom stereocenters. The Labute approximate surface area is 107 Å². The second-order valence-corrected chi connectivity index (χ2v) is 3.71. The second-order valence-electron chi connectivity index (χ2n) is 3.71. The molecule has 1 aromatic carbocycles. The Morgan fingerprint density at radius 2 is 1.95 bits per heavy atom. The number of ketones is 1. The smallest absolute Gasteiger partial charge is 0.355 e. The van der Waals surface area contributed by atoms with Gasteiger partial charge in [-0.2, -0.15) is 0 Å². The highest BCUT2D eigenvalue weighted by Gasteiger charge is 2.13. The fourth-order valence-electron chi connectivity index (χ4n) is 1.42. The van der Waals surface area contributed by atoms with Crippen molar-refractivity contribution >= 4 is 11.8 Å². The summed E-state index contributed by atoms with van der Waals surface area (Å²) in [5.41, 5.74) is 0.149. The SMILES string of the molecule is O=C(COC(=O)c1ccc[nH]1)c1ccc(F)c(F)c1. The Balaban J connectivity index is 1.98. The molecule has 0 radical (unpaired) electrons. The summed E-state index contributed by atoms with van der Waals surface area (Å²) in [5.74, 6) is -3.47. The Morgan fingerprint density at radius 3 is 2.58 bits per heavy atom. The monoisotopic (exact) mass is 265 g/mol. The molecule has 0 atom stereocenters. The summed E-state index contributed by atoms with van der Waals surface area (Å²) < 4.78 is 30.3. The van der Waals surface area contributed by atoms with Crippen molar-refractivity contribution in [3.8, 4) is 0 Å². The maximum Gasteiger partial charge on any atom is 0.355 e. The van der Waals surface area contributed by atoms with E-state index in [-0.39, 0.29) is 11.3 Å². The van der Waals surface area contributed by atoms with Gasteiger partial charge < -0.3 is 9.72 Å². The van der Waals surface area contributed by atoms with Crippen molar-refractivity contribution in [3.63, 3.8) is 0 Å². The molecule has 0 saturated heterocycles. The summed E-state index contributed by atoms with van der Waals surface area (Å²) in [4.78, 5) is 25.7. The second kappa shape index (κ2) is 5.43.